The molecular formula is C19H21NO4S2. The molecule has 1 N–H and O–H groups in total. The van der Waals surface area contributed by atoms with E-state index >= 15 is 0 Å². The van der Waals surface area contributed by atoms with Crippen LogP contribution in [0, 0.1) is 0 Å². The zero-order chi connectivity index (χ0) is 18.6. The van der Waals surface area contributed by atoms with E-state index < -0.39 is 9.84 Å². The van der Waals surface area contributed by atoms with Crippen LogP contribution in [-0.4, -0.2) is 39.0 Å². The molecule has 1 saturated heterocycles. The molecule has 1 fully saturated rings. The van der Waals surface area contributed by atoms with Crippen LogP contribution in [0.25, 0.3) is 0 Å². The molecule has 2 aromatic rings. The standard InChI is InChI=1S/C19H21NO4S2/c1-26(22,23)16-8-4-6-14(12-16)20-19(21)17-9-2-3-10-18(17)25-13-15-7-5-11-24-15/h2-4,6,8-10,12,15H,5,7,11,13H2,1H3,(H,20,21). The number of benzene rings is 2. The summed E-state index contributed by atoms with van der Waals surface area (Å²) in [6, 6.07) is 13.7. The van der Waals surface area contributed by atoms with Crippen LogP contribution in [0.3, 0.4) is 0 Å². The summed E-state index contributed by atoms with van der Waals surface area (Å²) in [5.74, 6) is 0.555. The van der Waals surface area contributed by atoms with Gasteiger partial charge in [0, 0.05) is 29.2 Å². The summed E-state index contributed by atoms with van der Waals surface area (Å²) in [7, 11) is -3.32. The van der Waals surface area contributed by atoms with Crippen molar-refractivity contribution in [3.63, 3.8) is 0 Å². The van der Waals surface area contributed by atoms with Gasteiger partial charge in [0.05, 0.1) is 16.6 Å². The molecule has 26 heavy (non-hydrogen) atoms. The molecule has 138 valence electrons. The van der Waals surface area contributed by atoms with Gasteiger partial charge in [-0.25, -0.2) is 8.42 Å². The predicted octanol–water partition coefficient (Wildman–Crippen LogP) is 3.61. The highest BCUT2D eigenvalue weighted by Gasteiger charge is 2.18. The third-order valence-electron chi connectivity index (χ3n) is 4.10. The minimum Gasteiger partial charge on any atom is -0.377 e. The van der Waals surface area contributed by atoms with Gasteiger partial charge in [0.15, 0.2) is 9.84 Å². The monoisotopic (exact) mass is 391 g/mol. The molecule has 0 radical (unpaired) electrons. The largest absolute Gasteiger partial charge is 0.377 e. The molecule has 1 amide bonds. The Bertz CT molecular complexity index is 890. The molecule has 3 rings (SSSR count). The zero-order valence-electron chi connectivity index (χ0n) is 14.5. The van der Waals surface area contributed by atoms with Crippen molar-refractivity contribution in [1.82, 2.24) is 0 Å². The lowest BCUT2D eigenvalue weighted by atomic mass is 10.2. The number of sulfone groups is 1. The highest BCUT2D eigenvalue weighted by molar-refractivity contribution is 7.99. The fraction of sp³-hybridized carbons (Fsp3) is 0.316. The van der Waals surface area contributed by atoms with E-state index in [0.717, 1.165) is 36.4 Å². The van der Waals surface area contributed by atoms with Crippen LogP contribution in [0.4, 0.5) is 5.69 Å². The van der Waals surface area contributed by atoms with E-state index in [1.165, 1.54) is 12.1 Å². The van der Waals surface area contributed by atoms with Crippen molar-refractivity contribution in [3.8, 4) is 0 Å². The van der Waals surface area contributed by atoms with Crippen molar-refractivity contribution in [2.24, 2.45) is 0 Å². The molecule has 0 bridgehead atoms. The summed E-state index contributed by atoms with van der Waals surface area (Å²) in [5, 5.41) is 2.79. The number of hydrogen-bond donors (Lipinski definition) is 1. The molecule has 1 aliphatic rings. The van der Waals surface area contributed by atoms with E-state index in [1.807, 2.05) is 18.2 Å². The predicted molar refractivity (Wildman–Crippen MR) is 104 cm³/mol. The van der Waals surface area contributed by atoms with Gasteiger partial charge in [-0.1, -0.05) is 18.2 Å². The number of anilines is 1. The van der Waals surface area contributed by atoms with Crippen LogP contribution >= 0.6 is 11.8 Å². The number of ether oxygens (including phenoxy) is 1. The van der Waals surface area contributed by atoms with Gasteiger partial charge in [0.1, 0.15) is 0 Å². The number of carbonyl (C=O) groups is 1. The first-order valence-electron chi connectivity index (χ1n) is 8.38. The number of hydrogen-bond acceptors (Lipinski definition) is 5. The Labute approximate surface area is 158 Å². The van der Waals surface area contributed by atoms with Crippen LogP contribution < -0.4 is 5.32 Å². The number of rotatable bonds is 6. The lowest BCUT2D eigenvalue weighted by molar-refractivity contribution is 0.102. The van der Waals surface area contributed by atoms with Crippen molar-refractivity contribution in [1.29, 1.82) is 0 Å². The van der Waals surface area contributed by atoms with Crippen molar-refractivity contribution in [3.05, 3.63) is 54.1 Å². The third-order valence-corrected chi connectivity index (χ3v) is 6.42. The van der Waals surface area contributed by atoms with E-state index in [4.69, 9.17) is 4.74 Å². The Balaban J connectivity index is 1.73. The molecule has 1 heterocycles. The molecule has 1 atom stereocenters. The molecular weight excluding hydrogens is 370 g/mol. The van der Waals surface area contributed by atoms with Crippen LogP contribution in [0.1, 0.15) is 23.2 Å². The summed E-state index contributed by atoms with van der Waals surface area (Å²) in [5.41, 5.74) is 1.03. The summed E-state index contributed by atoms with van der Waals surface area (Å²) >= 11 is 1.61. The van der Waals surface area contributed by atoms with E-state index in [1.54, 1.807) is 30.0 Å². The number of thioether (sulfide) groups is 1. The third kappa shape index (κ3) is 4.87. The maximum Gasteiger partial charge on any atom is 0.256 e. The van der Waals surface area contributed by atoms with Gasteiger partial charge < -0.3 is 10.1 Å². The van der Waals surface area contributed by atoms with E-state index in [9.17, 15) is 13.2 Å². The average Bonchev–Trinajstić information content (AvgIpc) is 3.13. The summed E-state index contributed by atoms with van der Waals surface area (Å²) in [6.07, 6.45) is 3.52. The van der Waals surface area contributed by atoms with Crippen molar-refractivity contribution >= 4 is 33.2 Å². The van der Waals surface area contributed by atoms with Gasteiger partial charge in [-0.15, -0.1) is 11.8 Å². The molecule has 1 unspecified atom stereocenters. The quantitative estimate of drug-likeness (QED) is 0.762. The molecule has 0 saturated carbocycles. The normalized spacial score (nSPS) is 17.2. The number of amides is 1. The first-order chi connectivity index (χ1) is 12.4. The highest BCUT2D eigenvalue weighted by Crippen LogP contribution is 2.27. The first-order valence-corrected chi connectivity index (χ1v) is 11.3. The first kappa shape index (κ1) is 18.9. The van der Waals surface area contributed by atoms with E-state index in [2.05, 4.69) is 5.32 Å². The van der Waals surface area contributed by atoms with E-state index in [0.29, 0.717) is 11.3 Å². The highest BCUT2D eigenvalue weighted by atomic mass is 32.2. The minimum atomic E-state index is -3.32. The van der Waals surface area contributed by atoms with Crippen molar-refractivity contribution in [2.75, 3.05) is 23.9 Å². The molecule has 1 aliphatic heterocycles. The lowest BCUT2D eigenvalue weighted by Crippen LogP contribution is -2.14. The Kier molecular flexibility index (Phi) is 6.01. The van der Waals surface area contributed by atoms with Gasteiger partial charge >= 0.3 is 0 Å². The topological polar surface area (TPSA) is 72.5 Å². The van der Waals surface area contributed by atoms with Gasteiger partial charge in [0.25, 0.3) is 5.91 Å². The second kappa shape index (κ2) is 8.24. The van der Waals surface area contributed by atoms with Gasteiger partial charge in [-0.2, -0.15) is 0 Å². The second-order valence-corrected chi connectivity index (χ2v) is 9.27. The molecule has 0 spiro atoms. The molecule has 7 heteroatoms. The average molecular weight is 392 g/mol. The Morgan fingerprint density at radius 1 is 1.23 bits per heavy atom. The minimum absolute atomic E-state index is 0.177. The van der Waals surface area contributed by atoms with Gasteiger partial charge in [0.2, 0.25) is 0 Å². The lowest BCUT2D eigenvalue weighted by Gasteiger charge is -2.12. The molecule has 2 aromatic carbocycles. The van der Waals surface area contributed by atoms with Gasteiger partial charge in [-0.05, 0) is 43.2 Å². The van der Waals surface area contributed by atoms with Crippen LogP contribution in [-0.2, 0) is 14.6 Å². The summed E-state index contributed by atoms with van der Waals surface area (Å²) in [6.45, 7) is 0.810. The Hall–Kier alpha value is -1.83. The SMILES string of the molecule is CS(=O)(=O)c1cccc(NC(=O)c2ccccc2SCC2CCCO2)c1. The number of carbonyl (C=O) groups excluding carboxylic acids is 1. The van der Waals surface area contributed by atoms with E-state index in [-0.39, 0.29) is 16.9 Å². The maximum atomic E-state index is 12.7. The fourth-order valence-corrected chi connectivity index (χ4v) is 4.53. The van der Waals surface area contributed by atoms with Crippen LogP contribution in [0.2, 0.25) is 0 Å². The molecule has 5 nitrogen and oxygen atoms in total. The van der Waals surface area contributed by atoms with Crippen molar-refractivity contribution in [2.45, 2.75) is 28.7 Å². The summed E-state index contributed by atoms with van der Waals surface area (Å²) in [4.78, 5) is 13.8. The van der Waals surface area contributed by atoms with Gasteiger partial charge in [-0.3, -0.25) is 4.79 Å². The molecule has 0 aromatic heterocycles. The van der Waals surface area contributed by atoms with Crippen LogP contribution in [0.15, 0.2) is 58.3 Å². The van der Waals surface area contributed by atoms with Crippen LogP contribution in [0.5, 0.6) is 0 Å². The molecule has 0 aliphatic carbocycles. The fourth-order valence-electron chi connectivity index (χ4n) is 2.74. The Morgan fingerprint density at radius 2 is 2.04 bits per heavy atom. The maximum absolute atomic E-state index is 12.7. The summed E-state index contributed by atoms with van der Waals surface area (Å²) < 4.78 is 29.0. The Morgan fingerprint density at radius 3 is 2.77 bits per heavy atom. The second-order valence-electron chi connectivity index (χ2n) is 6.20. The smallest absolute Gasteiger partial charge is 0.256 e. The zero-order valence-corrected chi connectivity index (χ0v) is 16.1. The van der Waals surface area contributed by atoms with Crippen molar-refractivity contribution < 1.29 is 17.9 Å². The number of nitrogens with one attached hydrogen (secondary N) is 1.